The highest BCUT2D eigenvalue weighted by molar-refractivity contribution is 5.94. The van der Waals surface area contributed by atoms with Crippen molar-refractivity contribution < 1.29 is 19.1 Å². The van der Waals surface area contributed by atoms with Crippen LogP contribution < -0.4 is 15.2 Å². The molecule has 0 fully saturated rings. The summed E-state index contributed by atoms with van der Waals surface area (Å²) < 4.78 is 10.2. The molecule has 2 aromatic rings. The van der Waals surface area contributed by atoms with Crippen molar-refractivity contribution >= 4 is 11.9 Å². The molecule has 2 rings (SSSR count). The molecule has 2 aromatic carbocycles. The number of rotatable bonds is 4. The van der Waals surface area contributed by atoms with Crippen molar-refractivity contribution in [1.82, 2.24) is 0 Å². The maximum atomic E-state index is 11.9. The van der Waals surface area contributed by atoms with Crippen molar-refractivity contribution in [2.75, 3.05) is 7.11 Å². The number of amides is 1. The molecule has 0 saturated carbocycles. The Morgan fingerprint density at radius 1 is 0.950 bits per heavy atom. The summed E-state index contributed by atoms with van der Waals surface area (Å²) in [6.07, 6.45) is 0. The summed E-state index contributed by atoms with van der Waals surface area (Å²) in [7, 11) is 1.54. The predicted molar refractivity (Wildman–Crippen MR) is 72.9 cm³/mol. The molecule has 0 aliphatic heterocycles. The molecule has 2 N–H and O–H groups in total. The summed E-state index contributed by atoms with van der Waals surface area (Å²) in [6.45, 7) is 0. The number of carbonyl (C=O) groups excluding carboxylic acids is 2. The van der Waals surface area contributed by atoms with Crippen LogP contribution in [0.3, 0.4) is 0 Å². The average molecular weight is 271 g/mol. The van der Waals surface area contributed by atoms with E-state index in [9.17, 15) is 9.59 Å². The summed E-state index contributed by atoms with van der Waals surface area (Å²) in [4.78, 5) is 23.0. The molecule has 20 heavy (non-hydrogen) atoms. The minimum atomic E-state index is -0.577. The summed E-state index contributed by atoms with van der Waals surface area (Å²) in [5.41, 5.74) is 5.83. The van der Waals surface area contributed by atoms with Crippen LogP contribution >= 0.6 is 0 Å². The minimum Gasteiger partial charge on any atom is -0.497 e. The van der Waals surface area contributed by atoms with Crippen molar-refractivity contribution in [3.05, 3.63) is 59.7 Å². The van der Waals surface area contributed by atoms with Gasteiger partial charge in [-0.3, -0.25) is 4.79 Å². The fraction of sp³-hybridized carbons (Fsp3) is 0.0667. The first-order valence-corrected chi connectivity index (χ1v) is 5.86. The molecule has 102 valence electrons. The van der Waals surface area contributed by atoms with Gasteiger partial charge in [0.15, 0.2) is 0 Å². The SMILES string of the molecule is COc1ccc(C(=O)Oc2cccc(C(N)=O)c2)cc1. The molecule has 0 spiro atoms. The van der Waals surface area contributed by atoms with Gasteiger partial charge in [0.05, 0.1) is 12.7 Å². The van der Waals surface area contributed by atoms with Gasteiger partial charge in [-0.25, -0.2) is 4.79 Å². The number of methoxy groups -OCH3 is 1. The third-order valence-corrected chi connectivity index (χ3v) is 2.65. The van der Waals surface area contributed by atoms with Crippen LogP contribution in [0, 0.1) is 0 Å². The van der Waals surface area contributed by atoms with Crippen LogP contribution in [0.25, 0.3) is 0 Å². The van der Waals surface area contributed by atoms with Gasteiger partial charge >= 0.3 is 5.97 Å². The van der Waals surface area contributed by atoms with E-state index in [0.29, 0.717) is 11.3 Å². The van der Waals surface area contributed by atoms with Gasteiger partial charge in [-0.15, -0.1) is 0 Å². The zero-order valence-electron chi connectivity index (χ0n) is 10.8. The van der Waals surface area contributed by atoms with E-state index in [1.165, 1.54) is 6.07 Å². The minimum absolute atomic E-state index is 0.266. The molecule has 0 atom stereocenters. The molecule has 0 saturated heterocycles. The van der Waals surface area contributed by atoms with Crippen LogP contribution in [-0.4, -0.2) is 19.0 Å². The van der Waals surface area contributed by atoms with E-state index in [1.54, 1.807) is 49.6 Å². The van der Waals surface area contributed by atoms with Gasteiger partial charge in [0.2, 0.25) is 5.91 Å². The molecule has 0 aliphatic carbocycles. The van der Waals surface area contributed by atoms with E-state index < -0.39 is 11.9 Å². The standard InChI is InChI=1S/C15H13NO4/c1-19-12-7-5-10(6-8-12)15(18)20-13-4-2-3-11(9-13)14(16)17/h2-9H,1H3,(H2,16,17). The van der Waals surface area contributed by atoms with Gasteiger partial charge in [0.25, 0.3) is 0 Å². The predicted octanol–water partition coefficient (Wildman–Crippen LogP) is 2.01. The van der Waals surface area contributed by atoms with Crippen molar-refractivity contribution in [3.8, 4) is 11.5 Å². The largest absolute Gasteiger partial charge is 0.497 e. The van der Waals surface area contributed by atoms with E-state index >= 15 is 0 Å². The Balaban J connectivity index is 2.14. The Labute approximate surface area is 115 Å². The highest BCUT2D eigenvalue weighted by atomic mass is 16.5. The highest BCUT2D eigenvalue weighted by Gasteiger charge is 2.10. The molecule has 0 unspecified atom stereocenters. The van der Waals surface area contributed by atoms with E-state index in [2.05, 4.69) is 0 Å². The molecule has 5 heteroatoms. The lowest BCUT2D eigenvalue weighted by molar-refractivity contribution is 0.0733. The Kier molecular flexibility index (Phi) is 4.00. The lowest BCUT2D eigenvalue weighted by Gasteiger charge is -2.06. The highest BCUT2D eigenvalue weighted by Crippen LogP contribution is 2.16. The fourth-order valence-electron chi connectivity index (χ4n) is 1.61. The maximum absolute atomic E-state index is 11.9. The second-order valence-corrected chi connectivity index (χ2v) is 4.01. The van der Waals surface area contributed by atoms with Gasteiger partial charge in [-0.05, 0) is 42.5 Å². The third-order valence-electron chi connectivity index (χ3n) is 2.65. The number of nitrogens with two attached hydrogens (primary N) is 1. The second kappa shape index (κ2) is 5.88. The maximum Gasteiger partial charge on any atom is 0.343 e. The molecule has 0 aromatic heterocycles. The number of carbonyl (C=O) groups is 2. The van der Waals surface area contributed by atoms with E-state index in [4.69, 9.17) is 15.2 Å². The Morgan fingerprint density at radius 2 is 1.65 bits per heavy atom. The number of hydrogen-bond acceptors (Lipinski definition) is 4. The van der Waals surface area contributed by atoms with Gasteiger partial charge < -0.3 is 15.2 Å². The number of esters is 1. The van der Waals surface area contributed by atoms with Gasteiger partial charge in [0.1, 0.15) is 11.5 Å². The third kappa shape index (κ3) is 3.14. The lowest BCUT2D eigenvalue weighted by atomic mass is 10.2. The topological polar surface area (TPSA) is 78.6 Å². The summed E-state index contributed by atoms with van der Waals surface area (Å²) in [6, 6.07) is 12.7. The zero-order valence-corrected chi connectivity index (χ0v) is 10.8. The average Bonchev–Trinajstić information content (AvgIpc) is 2.47. The van der Waals surface area contributed by atoms with Gasteiger partial charge in [-0.1, -0.05) is 6.07 Å². The molecule has 5 nitrogen and oxygen atoms in total. The van der Waals surface area contributed by atoms with E-state index in [1.807, 2.05) is 0 Å². The Bertz CT molecular complexity index is 635. The van der Waals surface area contributed by atoms with Crippen LogP contribution in [0.4, 0.5) is 0 Å². The summed E-state index contributed by atoms with van der Waals surface area (Å²) in [5, 5.41) is 0. The van der Waals surface area contributed by atoms with Gasteiger partial charge in [-0.2, -0.15) is 0 Å². The molecule has 0 radical (unpaired) electrons. The molecule has 0 heterocycles. The number of benzene rings is 2. The summed E-state index contributed by atoms with van der Waals surface area (Å²) in [5.74, 6) is -0.180. The molecular weight excluding hydrogens is 258 g/mol. The van der Waals surface area contributed by atoms with Crippen LogP contribution in [0.5, 0.6) is 11.5 Å². The van der Waals surface area contributed by atoms with Crippen LogP contribution in [0.2, 0.25) is 0 Å². The van der Waals surface area contributed by atoms with E-state index in [0.717, 1.165) is 0 Å². The zero-order chi connectivity index (χ0) is 14.5. The number of primary amides is 1. The molecule has 0 bridgehead atoms. The monoisotopic (exact) mass is 271 g/mol. The summed E-state index contributed by atoms with van der Waals surface area (Å²) >= 11 is 0. The smallest absolute Gasteiger partial charge is 0.343 e. The van der Waals surface area contributed by atoms with Crippen molar-refractivity contribution in [1.29, 1.82) is 0 Å². The lowest BCUT2D eigenvalue weighted by Crippen LogP contribution is -2.12. The molecule has 0 aliphatic rings. The molecular formula is C15H13NO4. The second-order valence-electron chi connectivity index (χ2n) is 4.01. The Hall–Kier alpha value is -2.82. The Morgan fingerprint density at radius 3 is 2.25 bits per heavy atom. The number of ether oxygens (including phenoxy) is 2. The van der Waals surface area contributed by atoms with Crippen LogP contribution in [-0.2, 0) is 0 Å². The fourth-order valence-corrected chi connectivity index (χ4v) is 1.61. The van der Waals surface area contributed by atoms with Crippen LogP contribution in [0.15, 0.2) is 48.5 Å². The normalized spacial score (nSPS) is 9.85. The first kappa shape index (κ1) is 13.6. The first-order valence-electron chi connectivity index (χ1n) is 5.86. The van der Waals surface area contributed by atoms with Gasteiger partial charge in [0, 0.05) is 5.56 Å². The van der Waals surface area contributed by atoms with Crippen molar-refractivity contribution in [2.45, 2.75) is 0 Å². The van der Waals surface area contributed by atoms with Crippen LogP contribution in [0.1, 0.15) is 20.7 Å². The number of hydrogen-bond donors (Lipinski definition) is 1. The van der Waals surface area contributed by atoms with Crippen molar-refractivity contribution in [3.63, 3.8) is 0 Å². The van der Waals surface area contributed by atoms with E-state index in [-0.39, 0.29) is 11.3 Å². The quantitative estimate of drug-likeness (QED) is 0.681. The molecule has 1 amide bonds. The first-order chi connectivity index (χ1) is 9.60. The van der Waals surface area contributed by atoms with Crippen molar-refractivity contribution in [2.24, 2.45) is 5.73 Å².